The predicted molar refractivity (Wildman–Crippen MR) is 76.8 cm³/mol. The van der Waals surface area contributed by atoms with Crippen molar-refractivity contribution in [1.82, 2.24) is 5.32 Å². The molecule has 1 aliphatic rings. The van der Waals surface area contributed by atoms with Crippen LogP contribution in [0.2, 0.25) is 0 Å². The summed E-state index contributed by atoms with van der Waals surface area (Å²) in [6.45, 7) is 4.37. The van der Waals surface area contributed by atoms with E-state index in [2.05, 4.69) is 24.1 Å². The minimum atomic E-state index is -0.0253. The second-order valence-corrected chi connectivity index (χ2v) is 5.40. The van der Waals surface area contributed by atoms with Gasteiger partial charge in [0.05, 0.1) is 6.54 Å². The molecule has 0 aromatic heterocycles. The normalized spacial score (nSPS) is 15.9. The first kappa shape index (κ1) is 13.6. The van der Waals surface area contributed by atoms with Crippen LogP contribution in [0.3, 0.4) is 0 Å². The lowest BCUT2D eigenvalue weighted by Gasteiger charge is -2.39. The van der Waals surface area contributed by atoms with E-state index < -0.39 is 0 Å². The first-order valence-electron chi connectivity index (χ1n) is 6.66. The van der Waals surface area contributed by atoms with Crippen LogP contribution in [-0.4, -0.2) is 18.0 Å². The number of benzene rings is 1. The minimum Gasteiger partial charge on any atom is -0.347 e. The fourth-order valence-corrected chi connectivity index (χ4v) is 2.27. The van der Waals surface area contributed by atoms with Gasteiger partial charge in [-0.15, -0.1) is 0 Å². The number of carbonyl (C=O) groups excluding carboxylic acids is 1. The Bertz CT molecular complexity index is 548. The van der Waals surface area contributed by atoms with Gasteiger partial charge in [0.1, 0.15) is 0 Å². The van der Waals surface area contributed by atoms with E-state index in [1.165, 1.54) is 6.42 Å². The van der Waals surface area contributed by atoms with Crippen LogP contribution in [0.15, 0.2) is 18.2 Å². The molecule has 0 saturated heterocycles. The summed E-state index contributed by atoms with van der Waals surface area (Å²) in [6, 6.07) is 5.69. The fourth-order valence-electron chi connectivity index (χ4n) is 2.27. The third-order valence-electron chi connectivity index (χ3n) is 3.69. The quantitative estimate of drug-likeness (QED) is 0.795. The summed E-state index contributed by atoms with van der Waals surface area (Å²) < 4.78 is 0. The van der Waals surface area contributed by atoms with Crippen LogP contribution in [0.4, 0.5) is 0 Å². The van der Waals surface area contributed by atoms with Crippen LogP contribution in [0.5, 0.6) is 0 Å². The lowest BCUT2D eigenvalue weighted by atomic mass is 9.78. The Morgan fingerprint density at radius 1 is 1.47 bits per heavy atom. The van der Waals surface area contributed by atoms with Gasteiger partial charge in [-0.2, -0.15) is 0 Å². The molecular formula is C16H20N2O. The maximum atomic E-state index is 12.3. The molecule has 1 fully saturated rings. The monoisotopic (exact) mass is 256 g/mol. The molecule has 1 aliphatic carbocycles. The Balaban J connectivity index is 2.20. The number of hydrogen-bond acceptors (Lipinski definition) is 2. The van der Waals surface area contributed by atoms with Crippen molar-refractivity contribution in [1.29, 1.82) is 0 Å². The molecule has 3 nitrogen and oxygen atoms in total. The topological polar surface area (TPSA) is 55.1 Å². The van der Waals surface area contributed by atoms with Crippen molar-refractivity contribution in [2.45, 2.75) is 38.6 Å². The van der Waals surface area contributed by atoms with Crippen LogP contribution in [0.1, 0.15) is 47.7 Å². The van der Waals surface area contributed by atoms with E-state index in [0.29, 0.717) is 12.1 Å². The third kappa shape index (κ3) is 3.15. The number of nitrogens with one attached hydrogen (secondary N) is 1. The Hall–Kier alpha value is -1.79. The highest BCUT2D eigenvalue weighted by Gasteiger charge is 2.33. The van der Waals surface area contributed by atoms with E-state index in [4.69, 9.17) is 5.73 Å². The van der Waals surface area contributed by atoms with Gasteiger partial charge in [0, 0.05) is 16.7 Å². The van der Waals surface area contributed by atoms with Crippen molar-refractivity contribution in [3.05, 3.63) is 34.9 Å². The van der Waals surface area contributed by atoms with Crippen molar-refractivity contribution in [2.24, 2.45) is 5.73 Å². The van der Waals surface area contributed by atoms with Crippen molar-refractivity contribution in [3.63, 3.8) is 0 Å². The fraction of sp³-hybridized carbons (Fsp3) is 0.438. The summed E-state index contributed by atoms with van der Waals surface area (Å²) in [5, 5.41) is 3.12. The maximum Gasteiger partial charge on any atom is 0.252 e. The molecule has 1 aromatic carbocycles. The van der Waals surface area contributed by atoms with Gasteiger partial charge in [0.15, 0.2) is 0 Å². The van der Waals surface area contributed by atoms with E-state index in [1.54, 1.807) is 0 Å². The molecule has 100 valence electrons. The zero-order valence-corrected chi connectivity index (χ0v) is 11.5. The molecule has 3 N–H and O–H groups in total. The molecule has 1 saturated carbocycles. The molecular weight excluding hydrogens is 236 g/mol. The molecule has 2 rings (SSSR count). The number of rotatable bonds is 2. The Labute approximate surface area is 114 Å². The van der Waals surface area contributed by atoms with Gasteiger partial charge in [-0.1, -0.05) is 17.9 Å². The number of nitrogens with two attached hydrogens (primary N) is 1. The minimum absolute atomic E-state index is 0.00361. The second kappa shape index (κ2) is 5.46. The molecule has 1 aromatic rings. The van der Waals surface area contributed by atoms with Crippen LogP contribution in [-0.2, 0) is 0 Å². The van der Waals surface area contributed by atoms with Crippen LogP contribution < -0.4 is 11.1 Å². The number of amides is 1. The summed E-state index contributed by atoms with van der Waals surface area (Å²) in [7, 11) is 0. The standard InChI is InChI=1S/C16H20N2O/c1-12-6-7-13(5-3-10-17)11-14(12)15(19)18-16(2)8-4-9-16/h6-7,11H,4,8-10,17H2,1-2H3,(H,18,19). The molecule has 3 heteroatoms. The highest BCUT2D eigenvalue weighted by Crippen LogP contribution is 2.31. The van der Waals surface area contributed by atoms with Crippen molar-refractivity contribution in [3.8, 4) is 11.8 Å². The summed E-state index contributed by atoms with van der Waals surface area (Å²) in [4.78, 5) is 12.3. The molecule has 1 amide bonds. The van der Waals surface area contributed by atoms with E-state index in [9.17, 15) is 4.79 Å². The van der Waals surface area contributed by atoms with Gasteiger partial charge in [0.25, 0.3) is 5.91 Å². The molecule has 0 unspecified atom stereocenters. The zero-order chi connectivity index (χ0) is 13.9. The first-order valence-corrected chi connectivity index (χ1v) is 6.66. The van der Waals surface area contributed by atoms with Crippen LogP contribution in [0, 0.1) is 18.8 Å². The Morgan fingerprint density at radius 3 is 2.79 bits per heavy atom. The largest absolute Gasteiger partial charge is 0.347 e. The van der Waals surface area contributed by atoms with E-state index in [1.807, 2.05) is 25.1 Å². The van der Waals surface area contributed by atoms with Crippen molar-refractivity contribution < 1.29 is 4.79 Å². The van der Waals surface area contributed by atoms with Crippen LogP contribution >= 0.6 is 0 Å². The second-order valence-electron chi connectivity index (χ2n) is 5.40. The lowest BCUT2D eigenvalue weighted by molar-refractivity contribution is 0.0850. The first-order chi connectivity index (χ1) is 9.04. The molecule has 0 bridgehead atoms. The number of aryl methyl sites for hydroxylation is 1. The van der Waals surface area contributed by atoms with Gasteiger partial charge in [-0.05, 0) is 50.8 Å². The van der Waals surface area contributed by atoms with Gasteiger partial charge < -0.3 is 11.1 Å². The van der Waals surface area contributed by atoms with Crippen molar-refractivity contribution >= 4 is 5.91 Å². The van der Waals surface area contributed by atoms with Gasteiger partial charge in [0.2, 0.25) is 0 Å². The Morgan fingerprint density at radius 2 is 2.21 bits per heavy atom. The summed E-state index contributed by atoms with van der Waals surface area (Å²) in [6.07, 6.45) is 3.31. The molecule has 0 aliphatic heterocycles. The SMILES string of the molecule is Cc1ccc(C#CCN)cc1C(=O)NC1(C)CCC1. The van der Waals surface area contributed by atoms with E-state index in [0.717, 1.165) is 24.0 Å². The van der Waals surface area contributed by atoms with E-state index >= 15 is 0 Å². The summed E-state index contributed by atoms with van der Waals surface area (Å²) in [5.41, 5.74) is 7.84. The molecule has 0 atom stereocenters. The lowest BCUT2D eigenvalue weighted by Crippen LogP contribution is -2.51. The van der Waals surface area contributed by atoms with Gasteiger partial charge >= 0.3 is 0 Å². The zero-order valence-electron chi connectivity index (χ0n) is 11.5. The highest BCUT2D eigenvalue weighted by molar-refractivity contribution is 5.96. The average Bonchev–Trinajstić information content (AvgIpc) is 2.35. The van der Waals surface area contributed by atoms with Gasteiger partial charge in [-0.3, -0.25) is 4.79 Å². The van der Waals surface area contributed by atoms with E-state index in [-0.39, 0.29) is 11.4 Å². The third-order valence-corrected chi connectivity index (χ3v) is 3.69. The smallest absolute Gasteiger partial charge is 0.252 e. The number of carbonyl (C=O) groups is 1. The maximum absolute atomic E-state index is 12.3. The molecule has 19 heavy (non-hydrogen) atoms. The predicted octanol–water partition coefficient (Wildman–Crippen LogP) is 1.98. The molecule has 0 heterocycles. The van der Waals surface area contributed by atoms with Crippen LogP contribution in [0.25, 0.3) is 0 Å². The highest BCUT2D eigenvalue weighted by atomic mass is 16.1. The number of hydrogen-bond donors (Lipinski definition) is 2. The molecule has 0 spiro atoms. The molecule has 0 radical (unpaired) electrons. The average molecular weight is 256 g/mol. The van der Waals surface area contributed by atoms with Gasteiger partial charge in [-0.25, -0.2) is 0 Å². The summed E-state index contributed by atoms with van der Waals surface area (Å²) >= 11 is 0. The Kier molecular flexibility index (Phi) is 3.92. The summed E-state index contributed by atoms with van der Waals surface area (Å²) in [5.74, 6) is 5.77. The van der Waals surface area contributed by atoms with Crippen molar-refractivity contribution in [2.75, 3.05) is 6.54 Å².